The molecule has 0 saturated carbocycles. The monoisotopic (exact) mass is 342 g/mol. The van der Waals surface area contributed by atoms with Gasteiger partial charge in [0.15, 0.2) is 4.77 Å². The lowest BCUT2D eigenvalue weighted by Gasteiger charge is -2.08. The minimum atomic E-state index is -0.171. The molecule has 24 heavy (non-hydrogen) atoms. The number of aromatic nitrogens is 5. The van der Waals surface area contributed by atoms with Gasteiger partial charge >= 0.3 is 0 Å². The summed E-state index contributed by atoms with van der Waals surface area (Å²) < 4.78 is 2.46. The first-order valence-electron chi connectivity index (χ1n) is 7.71. The SMILES string of the molecule is CCc1n[nH]c(=S)n1CCNC(=O)c1cn[nH]c1-c1ccccc1. The molecular formula is C16H18N6OS. The number of benzene rings is 1. The highest BCUT2D eigenvalue weighted by molar-refractivity contribution is 7.71. The lowest BCUT2D eigenvalue weighted by Crippen LogP contribution is -2.27. The highest BCUT2D eigenvalue weighted by Crippen LogP contribution is 2.20. The number of nitrogens with zero attached hydrogens (tertiary/aromatic N) is 3. The van der Waals surface area contributed by atoms with Crippen molar-refractivity contribution in [3.63, 3.8) is 0 Å². The Hall–Kier alpha value is -2.74. The molecule has 0 bridgehead atoms. The molecule has 0 aliphatic rings. The van der Waals surface area contributed by atoms with Gasteiger partial charge in [0.1, 0.15) is 5.82 Å². The molecule has 2 aromatic heterocycles. The second-order valence-corrected chi connectivity index (χ2v) is 5.62. The summed E-state index contributed by atoms with van der Waals surface area (Å²) in [5, 5.41) is 16.7. The Morgan fingerprint density at radius 1 is 1.29 bits per heavy atom. The van der Waals surface area contributed by atoms with E-state index in [0.717, 1.165) is 17.8 Å². The second-order valence-electron chi connectivity index (χ2n) is 5.23. The van der Waals surface area contributed by atoms with Crippen molar-refractivity contribution in [2.45, 2.75) is 19.9 Å². The summed E-state index contributed by atoms with van der Waals surface area (Å²) in [5.74, 6) is 0.707. The maximum Gasteiger partial charge on any atom is 0.255 e. The van der Waals surface area contributed by atoms with Gasteiger partial charge in [-0.25, -0.2) is 0 Å². The molecule has 0 aliphatic heterocycles. The summed E-state index contributed by atoms with van der Waals surface area (Å²) in [4.78, 5) is 12.4. The van der Waals surface area contributed by atoms with Gasteiger partial charge in [-0.1, -0.05) is 37.3 Å². The van der Waals surface area contributed by atoms with Crippen LogP contribution in [0.4, 0.5) is 0 Å². The van der Waals surface area contributed by atoms with Crippen molar-refractivity contribution in [2.75, 3.05) is 6.54 Å². The third-order valence-corrected chi connectivity index (χ3v) is 4.03. The molecule has 0 spiro atoms. The van der Waals surface area contributed by atoms with E-state index in [2.05, 4.69) is 25.7 Å². The van der Waals surface area contributed by atoms with Gasteiger partial charge in [0.2, 0.25) is 0 Å². The van der Waals surface area contributed by atoms with Gasteiger partial charge in [-0.3, -0.25) is 15.0 Å². The molecule has 3 N–H and O–H groups in total. The molecule has 0 unspecified atom stereocenters. The summed E-state index contributed by atoms with van der Waals surface area (Å²) in [6.45, 7) is 3.04. The van der Waals surface area contributed by atoms with Crippen LogP contribution in [0.2, 0.25) is 0 Å². The summed E-state index contributed by atoms with van der Waals surface area (Å²) in [7, 11) is 0. The molecule has 0 atom stereocenters. The number of aromatic amines is 2. The van der Waals surface area contributed by atoms with Crippen LogP contribution in [0.25, 0.3) is 11.3 Å². The van der Waals surface area contributed by atoms with Crippen LogP contribution in [0.5, 0.6) is 0 Å². The Kier molecular flexibility index (Phi) is 4.85. The van der Waals surface area contributed by atoms with E-state index in [-0.39, 0.29) is 5.91 Å². The molecular weight excluding hydrogens is 324 g/mol. The Morgan fingerprint density at radius 3 is 2.83 bits per heavy atom. The van der Waals surface area contributed by atoms with Crippen molar-refractivity contribution in [1.29, 1.82) is 0 Å². The van der Waals surface area contributed by atoms with Crippen LogP contribution in [-0.2, 0) is 13.0 Å². The first kappa shape index (κ1) is 16.1. The molecule has 8 heteroatoms. The van der Waals surface area contributed by atoms with Crippen LogP contribution in [0.15, 0.2) is 36.5 Å². The third-order valence-electron chi connectivity index (χ3n) is 3.72. The van der Waals surface area contributed by atoms with Crippen molar-refractivity contribution in [3.05, 3.63) is 52.7 Å². The van der Waals surface area contributed by atoms with Crippen molar-refractivity contribution < 1.29 is 4.79 Å². The maximum absolute atomic E-state index is 12.4. The van der Waals surface area contributed by atoms with Gasteiger partial charge in [0.25, 0.3) is 5.91 Å². The van der Waals surface area contributed by atoms with Gasteiger partial charge in [-0.05, 0) is 12.2 Å². The van der Waals surface area contributed by atoms with E-state index < -0.39 is 0 Å². The van der Waals surface area contributed by atoms with E-state index in [1.807, 2.05) is 41.8 Å². The predicted octanol–water partition coefficient (Wildman–Crippen LogP) is 2.32. The molecule has 1 amide bonds. The highest BCUT2D eigenvalue weighted by Gasteiger charge is 2.15. The minimum Gasteiger partial charge on any atom is -0.350 e. The van der Waals surface area contributed by atoms with Crippen molar-refractivity contribution in [3.8, 4) is 11.3 Å². The molecule has 0 aliphatic carbocycles. The minimum absolute atomic E-state index is 0.171. The zero-order valence-electron chi connectivity index (χ0n) is 13.2. The summed E-state index contributed by atoms with van der Waals surface area (Å²) >= 11 is 5.20. The van der Waals surface area contributed by atoms with E-state index in [4.69, 9.17) is 12.2 Å². The largest absolute Gasteiger partial charge is 0.350 e. The topological polar surface area (TPSA) is 91.4 Å². The fourth-order valence-corrected chi connectivity index (χ4v) is 2.75. The Bertz CT molecular complexity index is 879. The van der Waals surface area contributed by atoms with Gasteiger partial charge in [0, 0.05) is 25.1 Å². The van der Waals surface area contributed by atoms with E-state index in [1.54, 1.807) is 6.20 Å². The Morgan fingerprint density at radius 2 is 2.08 bits per heavy atom. The van der Waals surface area contributed by atoms with E-state index in [0.29, 0.717) is 29.1 Å². The van der Waals surface area contributed by atoms with Crippen molar-refractivity contribution in [1.82, 2.24) is 30.3 Å². The van der Waals surface area contributed by atoms with E-state index in [9.17, 15) is 4.79 Å². The molecule has 1 aromatic carbocycles. The first-order chi connectivity index (χ1) is 11.7. The zero-order valence-corrected chi connectivity index (χ0v) is 14.1. The molecule has 2 heterocycles. The summed E-state index contributed by atoms with van der Waals surface area (Å²) in [5.41, 5.74) is 2.15. The van der Waals surface area contributed by atoms with Gasteiger partial charge in [-0.2, -0.15) is 10.2 Å². The number of hydrogen-bond donors (Lipinski definition) is 3. The Balaban J connectivity index is 1.67. The molecule has 0 saturated heterocycles. The maximum atomic E-state index is 12.4. The van der Waals surface area contributed by atoms with E-state index in [1.165, 1.54) is 0 Å². The smallest absolute Gasteiger partial charge is 0.255 e. The van der Waals surface area contributed by atoms with Gasteiger partial charge in [-0.15, -0.1) is 0 Å². The number of amides is 1. The fourth-order valence-electron chi connectivity index (χ4n) is 2.51. The van der Waals surface area contributed by atoms with Crippen LogP contribution < -0.4 is 5.32 Å². The molecule has 3 aromatic rings. The molecule has 124 valence electrons. The predicted molar refractivity (Wildman–Crippen MR) is 93.1 cm³/mol. The summed E-state index contributed by atoms with van der Waals surface area (Å²) in [6, 6.07) is 9.64. The molecule has 3 rings (SSSR count). The first-order valence-corrected chi connectivity index (χ1v) is 8.12. The standard InChI is InChI=1S/C16H18N6OS/c1-2-13-19-21-16(24)22(13)9-8-17-15(23)12-10-18-20-14(12)11-6-4-3-5-7-11/h3-7,10H,2,8-9H2,1H3,(H,17,23)(H,18,20)(H,21,24). The van der Waals surface area contributed by atoms with Crippen LogP contribution in [0, 0.1) is 4.77 Å². The van der Waals surface area contributed by atoms with Gasteiger partial charge in [0.05, 0.1) is 17.5 Å². The number of hydrogen-bond acceptors (Lipinski definition) is 4. The van der Waals surface area contributed by atoms with Crippen molar-refractivity contribution >= 4 is 18.1 Å². The number of H-pyrrole nitrogens is 2. The second kappa shape index (κ2) is 7.22. The highest BCUT2D eigenvalue weighted by atomic mass is 32.1. The van der Waals surface area contributed by atoms with E-state index >= 15 is 0 Å². The van der Waals surface area contributed by atoms with Gasteiger partial charge < -0.3 is 9.88 Å². The van der Waals surface area contributed by atoms with Crippen LogP contribution in [0.1, 0.15) is 23.1 Å². The van der Waals surface area contributed by atoms with Crippen LogP contribution in [-0.4, -0.2) is 37.4 Å². The molecule has 0 fully saturated rings. The quantitative estimate of drug-likeness (QED) is 0.600. The lowest BCUT2D eigenvalue weighted by atomic mass is 10.1. The normalized spacial score (nSPS) is 10.7. The number of carbonyl (C=O) groups is 1. The average Bonchev–Trinajstić information content (AvgIpc) is 3.23. The third kappa shape index (κ3) is 3.28. The van der Waals surface area contributed by atoms with Crippen LogP contribution in [0.3, 0.4) is 0 Å². The average molecular weight is 342 g/mol. The number of carbonyl (C=O) groups excluding carboxylic acids is 1. The molecule has 0 radical (unpaired) electrons. The fraction of sp³-hybridized carbons (Fsp3) is 0.250. The zero-order chi connectivity index (χ0) is 16.9. The number of rotatable bonds is 6. The Labute approximate surface area is 144 Å². The molecule has 7 nitrogen and oxygen atoms in total. The van der Waals surface area contributed by atoms with Crippen LogP contribution >= 0.6 is 12.2 Å². The number of aryl methyl sites for hydroxylation is 1. The van der Waals surface area contributed by atoms with Crippen molar-refractivity contribution in [2.24, 2.45) is 0 Å². The summed E-state index contributed by atoms with van der Waals surface area (Å²) in [6.07, 6.45) is 2.32. The number of nitrogens with one attached hydrogen (secondary N) is 3. The lowest BCUT2D eigenvalue weighted by molar-refractivity contribution is 0.0953.